The van der Waals surface area contributed by atoms with Gasteiger partial charge in [-0.2, -0.15) is 22.5 Å². The highest BCUT2D eigenvalue weighted by molar-refractivity contribution is 5.79. The maximum absolute atomic E-state index is 13.8. The number of halogens is 4. The van der Waals surface area contributed by atoms with E-state index in [2.05, 4.69) is 10.3 Å². The van der Waals surface area contributed by atoms with Crippen LogP contribution in [0, 0.1) is 29.4 Å². The minimum Gasteiger partial charge on any atom is -0.366 e. The topological polar surface area (TPSA) is 45.2 Å². The van der Waals surface area contributed by atoms with Gasteiger partial charge >= 0.3 is 0 Å². The first kappa shape index (κ1) is 17.9. The van der Waals surface area contributed by atoms with Crippen LogP contribution in [0.15, 0.2) is 0 Å². The molecule has 8 heteroatoms. The number of nitrogens with zero attached hydrogens (tertiary/aromatic N) is 2. The highest BCUT2D eigenvalue weighted by atomic mass is 19.2. The largest absolute Gasteiger partial charge is 0.366 e. The number of nitrogens with one attached hydrogen (secondary N) is 1. The van der Waals surface area contributed by atoms with Crippen molar-refractivity contribution in [3.8, 4) is 0 Å². The summed E-state index contributed by atoms with van der Waals surface area (Å²) >= 11 is 0. The molecule has 0 bridgehead atoms. The molecule has 1 aromatic heterocycles. The SMILES string of the molecule is O=C(NC1CCN(c2c(F)c(F)nc(F)c2F)CC1)C1CCCCC1. The Kier molecular flexibility index (Phi) is 5.44. The lowest BCUT2D eigenvalue weighted by Gasteiger charge is -2.35. The number of amides is 1. The van der Waals surface area contributed by atoms with Gasteiger partial charge in [-0.25, -0.2) is 0 Å². The van der Waals surface area contributed by atoms with Crippen LogP contribution in [-0.4, -0.2) is 30.0 Å². The first-order valence-electron chi connectivity index (χ1n) is 8.72. The van der Waals surface area contributed by atoms with Crippen molar-refractivity contribution in [2.45, 2.75) is 51.0 Å². The van der Waals surface area contributed by atoms with Gasteiger partial charge in [-0.05, 0) is 25.7 Å². The summed E-state index contributed by atoms with van der Waals surface area (Å²) in [4.78, 5) is 16.1. The number of aromatic nitrogens is 1. The minimum atomic E-state index is -1.65. The van der Waals surface area contributed by atoms with E-state index in [1.54, 1.807) is 0 Å². The van der Waals surface area contributed by atoms with Gasteiger partial charge < -0.3 is 10.2 Å². The predicted octanol–water partition coefficient (Wildman–Crippen LogP) is 3.30. The van der Waals surface area contributed by atoms with Crippen molar-refractivity contribution in [3.63, 3.8) is 0 Å². The Balaban J connectivity index is 1.60. The number of hydrogen-bond acceptors (Lipinski definition) is 3. The number of piperidine rings is 1. The molecule has 1 aliphatic carbocycles. The maximum atomic E-state index is 13.8. The van der Waals surface area contributed by atoms with Gasteiger partial charge in [-0.1, -0.05) is 19.3 Å². The van der Waals surface area contributed by atoms with Crippen LogP contribution in [0.2, 0.25) is 0 Å². The second-order valence-electron chi connectivity index (χ2n) is 6.77. The fourth-order valence-corrected chi connectivity index (χ4v) is 3.68. The van der Waals surface area contributed by atoms with E-state index in [-0.39, 0.29) is 31.0 Å². The third-order valence-electron chi connectivity index (χ3n) is 5.11. The molecule has 1 aromatic rings. The standard InChI is InChI=1S/C17H21F4N3O/c18-12-14(13(19)16(21)23-15(12)20)24-8-6-11(7-9-24)22-17(25)10-4-2-1-3-5-10/h10-11H,1-9H2,(H,22,25). The number of carbonyl (C=O) groups is 1. The molecule has 1 saturated carbocycles. The van der Waals surface area contributed by atoms with Crippen molar-refractivity contribution in [2.75, 3.05) is 18.0 Å². The summed E-state index contributed by atoms with van der Waals surface area (Å²) < 4.78 is 54.1. The first-order valence-corrected chi connectivity index (χ1v) is 8.72. The second kappa shape index (κ2) is 7.58. The van der Waals surface area contributed by atoms with E-state index < -0.39 is 29.2 Å². The van der Waals surface area contributed by atoms with Crippen molar-refractivity contribution in [3.05, 3.63) is 23.5 Å². The van der Waals surface area contributed by atoms with Gasteiger partial charge in [0.15, 0.2) is 0 Å². The van der Waals surface area contributed by atoms with Crippen LogP contribution in [0.5, 0.6) is 0 Å². The fourth-order valence-electron chi connectivity index (χ4n) is 3.68. The molecule has 2 aliphatic rings. The third-order valence-corrected chi connectivity index (χ3v) is 5.11. The zero-order valence-corrected chi connectivity index (χ0v) is 13.8. The highest BCUT2D eigenvalue weighted by Gasteiger charge is 2.30. The molecule has 4 nitrogen and oxygen atoms in total. The molecule has 3 rings (SSSR count). The van der Waals surface area contributed by atoms with Crippen LogP contribution >= 0.6 is 0 Å². The molecule has 0 unspecified atom stereocenters. The average Bonchev–Trinajstić information content (AvgIpc) is 2.62. The van der Waals surface area contributed by atoms with Crippen molar-refractivity contribution in [1.82, 2.24) is 10.3 Å². The number of rotatable bonds is 3. The summed E-state index contributed by atoms with van der Waals surface area (Å²) in [5, 5.41) is 3.00. The quantitative estimate of drug-likeness (QED) is 0.665. The molecule has 0 spiro atoms. The highest BCUT2D eigenvalue weighted by Crippen LogP contribution is 2.29. The summed E-state index contributed by atoms with van der Waals surface area (Å²) in [5.74, 6) is -6.18. The van der Waals surface area contributed by atoms with E-state index in [1.807, 2.05) is 0 Å². The number of pyridine rings is 1. The predicted molar refractivity (Wildman–Crippen MR) is 84.0 cm³/mol. The molecule has 138 valence electrons. The monoisotopic (exact) mass is 359 g/mol. The van der Waals surface area contributed by atoms with E-state index in [9.17, 15) is 22.4 Å². The van der Waals surface area contributed by atoms with Gasteiger partial charge in [0.25, 0.3) is 11.9 Å². The minimum absolute atomic E-state index is 0.0384. The van der Waals surface area contributed by atoms with Crippen molar-refractivity contribution in [2.24, 2.45) is 5.92 Å². The van der Waals surface area contributed by atoms with Gasteiger partial charge in [0.2, 0.25) is 17.5 Å². The summed E-state index contributed by atoms with van der Waals surface area (Å²) in [6.45, 7) is 0.401. The fraction of sp³-hybridized carbons (Fsp3) is 0.647. The van der Waals surface area contributed by atoms with E-state index in [0.29, 0.717) is 12.8 Å². The lowest BCUT2D eigenvalue weighted by molar-refractivity contribution is -0.126. The molecule has 1 N–H and O–H groups in total. The Hall–Kier alpha value is -1.86. The summed E-state index contributed by atoms with van der Waals surface area (Å²) in [6, 6.07) is -0.0895. The normalized spacial score (nSPS) is 19.9. The Bertz CT molecular complexity index is 615. The molecule has 0 aromatic carbocycles. The van der Waals surface area contributed by atoms with Gasteiger partial charge in [0.05, 0.1) is 0 Å². The van der Waals surface area contributed by atoms with Gasteiger partial charge in [-0.3, -0.25) is 4.79 Å². The van der Waals surface area contributed by atoms with Gasteiger partial charge in [-0.15, -0.1) is 0 Å². The molecule has 25 heavy (non-hydrogen) atoms. The van der Waals surface area contributed by atoms with Gasteiger partial charge in [0, 0.05) is 25.0 Å². The third kappa shape index (κ3) is 3.88. The molecule has 0 atom stereocenters. The lowest BCUT2D eigenvalue weighted by Crippen LogP contribution is -2.47. The first-order chi connectivity index (χ1) is 12.0. The van der Waals surface area contributed by atoms with Crippen LogP contribution in [-0.2, 0) is 4.79 Å². The number of carbonyl (C=O) groups excluding carboxylic acids is 1. The Morgan fingerprint density at radius 2 is 1.48 bits per heavy atom. The van der Waals surface area contributed by atoms with Crippen LogP contribution in [0.3, 0.4) is 0 Å². The second-order valence-corrected chi connectivity index (χ2v) is 6.77. The van der Waals surface area contributed by atoms with E-state index in [1.165, 1.54) is 11.3 Å². The summed E-state index contributed by atoms with van der Waals surface area (Å²) in [6.07, 6.45) is 6.01. The molecule has 0 radical (unpaired) electrons. The lowest BCUT2D eigenvalue weighted by atomic mass is 9.88. The molecular weight excluding hydrogens is 338 g/mol. The van der Waals surface area contributed by atoms with Crippen LogP contribution in [0.1, 0.15) is 44.9 Å². The maximum Gasteiger partial charge on any atom is 0.253 e. The summed E-state index contributed by atoms with van der Waals surface area (Å²) in [5.41, 5.74) is -0.720. The molecule has 2 fully saturated rings. The molecular formula is C17H21F4N3O. The Morgan fingerprint density at radius 3 is 2.04 bits per heavy atom. The molecule has 1 saturated heterocycles. The van der Waals surface area contributed by atoms with E-state index in [0.717, 1.165) is 25.7 Å². The van der Waals surface area contributed by atoms with Crippen molar-refractivity contribution in [1.29, 1.82) is 0 Å². The molecule has 1 aliphatic heterocycles. The van der Waals surface area contributed by atoms with E-state index in [4.69, 9.17) is 0 Å². The number of hydrogen-bond donors (Lipinski definition) is 1. The summed E-state index contributed by atoms with van der Waals surface area (Å²) in [7, 11) is 0. The number of anilines is 1. The van der Waals surface area contributed by atoms with Crippen molar-refractivity contribution >= 4 is 11.6 Å². The van der Waals surface area contributed by atoms with E-state index >= 15 is 0 Å². The zero-order valence-electron chi connectivity index (χ0n) is 13.8. The van der Waals surface area contributed by atoms with Gasteiger partial charge in [0.1, 0.15) is 5.69 Å². The molecule has 1 amide bonds. The molecule has 2 heterocycles. The zero-order chi connectivity index (χ0) is 18.0. The van der Waals surface area contributed by atoms with Crippen molar-refractivity contribution < 1.29 is 22.4 Å². The Labute approximate surface area is 143 Å². The smallest absolute Gasteiger partial charge is 0.253 e. The van der Waals surface area contributed by atoms with Crippen LogP contribution in [0.25, 0.3) is 0 Å². The average molecular weight is 359 g/mol. The Morgan fingerprint density at radius 1 is 0.920 bits per heavy atom. The van der Waals surface area contributed by atoms with Crippen LogP contribution in [0.4, 0.5) is 23.2 Å². The van der Waals surface area contributed by atoms with Crippen LogP contribution < -0.4 is 10.2 Å².